The van der Waals surface area contributed by atoms with Crippen molar-refractivity contribution in [3.63, 3.8) is 0 Å². The summed E-state index contributed by atoms with van der Waals surface area (Å²) in [4.78, 5) is 11.5. The molecule has 1 aromatic carbocycles. The van der Waals surface area contributed by atoms with Gasteiger partial charge in [0, 0.05) is 19.0 Å². The van der Waals surface area contributed by atoms with Gasteiger partial charge in [-0.05, 0) is 31.0 Å². The van der Waals surface area contributed by atoms with E-state index in [-0.39, 0.29) is 31.1 Å². The van der Waals surface area contributed by atoms with Crippen LogP contribution in [-0.2, 0) is 11.3 Å². The summed E-state index contributed by atoms with van der Waals surface area (Å²) in [5.41, 5.74) is 6.59. The third-order valence-corrected chi connectivity index (χ3v) is 2.75. The Morgan fingerprint density at radius 3 is 2.89 bits per heavy atom. The lowest BCUT2D eigenvalue weighted by molar-refractivity contribution is -0.121. The molecule has 0 saturated carbocycles. The molecule has 2 rings (SSSR count). The van der Waals surface area contributed by atoms with Gasteiger partial charge in [0.1, 0.15) is 0 Å². The van der Waals surface area contributed by atoms with Crippen molar-refractivity contribution < 1.29 is 14.3 Å². The predicted octanol–water partition coefficient (Wildman–Crippen LogP) is 1.58. The number of nitrogens with two attached hydrogens (primary N) is 1. The van der Waals surface area contributed by atoms with Crippen LogP contribution in [0.2, 0.25) is 0 Å². The highest BCUT2D eigenvalue weighted by Gasteiger charge is 2.13. The van der Waals surface area contributed by atoms with Crippen LogP contribution in [0.1, 0.15) is 25.3 Å². The number of rotatable bonds is 5. The molecule has 0 spiro atoms. The summed E-state index contributed by atoms with van der Waals surface area (Å²) in [6.07, 6.45) is 1.16. The summed E-state index contributed by atoms with van der Waals surface area (Å²) in [7, 11) is 0. The number of amides is 1. The molecule has 0 saturated heterocycles. The minimum atomic E-state index is 0. The lowest BCUT2D eigenvalue weighted by Gasteiger charge is -2.07. The largest absolute Gasteiger partial charge is 0.454 e. The third-order valence-electron chi connectivity index (χ3n) is 2.75. The molecule has 6 heteroatoms. The Morgan fingerprint density at radius 2 is 2.16 bits per heavy atom. The Balaban J connectivity index is 0.00000180. The molecule has 5 nitrogen and oxygen atoms in total. The Kier molecular flexibility index (Phi) is 5.92. The molecule has 0 bridgehead atoms. The second-order valence-electron chi connectivity index (χ2n) is 4.48. The van der Waals surface area contributed by atoms with Gasteiger partial charge in [-0.3, -0.25) is 4.79 Å². The number of fused-ring (bicyclic) bond motifs is 1. The molecule has 1 aromatic rings. The molecule has 0 fully saturated rings. The van der Waals surface area contributed by atoms with Crippen molar-refractivity contribution in [3.8, 4) is 11.5 Å². The predicted molar refractivity (Wildman–Crippen MR) is 74.5 cm³/mol. The topological polar surface area (TPSA) is 73.6 Å². The van der Waals surface area contributed by atoms with Crippen molar-refractivity contribution >= 4 is 18.3 Å². The number of ether oxygens (including phenoxy) is 2. The number of benzene rings is 1. The lowest BCUT2D eigenvalue weighted by atomic mass is 10.1. The number of hydrogen-bond donors (Lipinski definition) is 2. The minimum absolute atomic E-state index is 0. The van der Waals surface area contributed by atoms with Gasteiger partial charge < -0.3 is 20.5 Å². The maximum Gasteiger partial charge on any atom is 0.231 e. The van der Waals surface area contributed by atoms with Crippen LogP contribution in [0.3, 0.4) is 0 Å². The zero-order chi connectivity index (χ0) is 13.0. The van der Waals surface area contributed by atoms with Gasteiger partial charge in [-0.15, -0.1) is 12.4 Å². The van der Waals surface area contributed by atoms with E-state index in [1.54, 1.807) is 0 Å². The smallest absolute Gasteiger partial charge is 0.231 e. The average molecular weight is 287 g/mol. The van der Waals surface area contributed by atoms with Gasteiger partial charge in [-0.25, -0.2) is 0 Å². The monoisotopic (exact) mass is 286 g/mol. The molecule has 1 atom stereocenters. The Hall–Kier alpha value is -1.46. The maximum absolute atomic E-state index is 11.5. The summed E-state index contributed by atoms with van der Waals surface area (Å²) in [6.45, 7) is 2.65. The van der Waals surface area contributed by atoms with Crippen molar-refractivity contribution in [2.24, 2.45) is 5.73 Å². The van der Waals surface area contributed by atoms with Crippen LogP contribution in [0, 0.1) is 0 Å². The summed E-state index contributed by atoms with van der Waals surface area (Å²) in [6, 6.07) is 5.71. The highest BCUT2D eigenvalue weighted by molar-refractivity contribution is 5.85. The number of halogens is 1. The van der Waals surface area contributed by atoms with E-state index in [0.29, 0.717) is 19.4 Å². The number of nitrogens with one attached hydrogen (secondary N) is 1. The zero-order valence-electron chi connectivity index (χ0n) is 10.8. The molecule has 1 aliphatic rings. The van der Waals surface area contributed by atoms with Crippen LogP contribution >= 0.6 is 12.4 Å². The number of hydrogen-bond acceptors (Lipinski definition) is 4. The summed E-state index contributed by atoms with van der Waals surface area (Å²) >= 11 is 0. The van der Waals surface area contributed by atoms with Crippen molar-refractivity contribution in [1.82, 2.24) is 5.32 Å². The Bertz CT molecular complexity index is 438. The minimum Gasteiger partial charge on any atom is -0.454 e. The van der Waals surface area contributed by atoms with Gasteiger partial charge in [-0.2, -0.15) is 0 Å². The van der Waals surface area contributed by atoms with Crippen molar-refractivity contribution in [1.29, 1.82) is 0 Å². The van der Waals surface area contributed by atoms with Gasteiger partial charge in [0.15, 0.2) is 11.5 Å². The van der Waals surface area contributed by atoms with Crippen molar-refractivity contribution in [2.45, 2.75) is 32.4 Å². The molecule has 3 N–H and O–H groups in total. The normalized spacial score (nSPS) is 13.6. The zero-order valence-corrected chi connectivity index (χ0v) is 11.7. The first-order valence-corrected chi connectivity index (χ1v) is 6.06. The Labute approximate surface area is 118 Å². The molecule has 1 heterocycles. The highest BCUT2D eigenvalue weighted by Crippen LogP contribution is 2.32. The van der Waals surface area contributed by atoms with Crippen LogP contribution < -0.4 is 20.5 Å². The molecule has 19 heavy (non-hydrogen) atoms. The number of carbonyl (C=O) groups excluding carboxylic acids is 1. The van der Waals surface area contributed by atoms with Crippen LogP contribution in [-0.4, -0.2) is 18.7 Å². The van der Waals surface area contributed by atoms with Crippen LogP contribution in [0.15, 0.2) is 18.2 Å². The first kappa shape index (κ1) is 15.6. The molecule has 1 aliphatic heterocycles. The van der Waals surface area contributed by atoms with E-state index in [9.17, 15) is 4.79 Å². The molecule has 106 valence electrons. The van der Waals surface area contributed by atoms with Crippen LogP contribution in [0.5, 0.6) is 11.5 Å². The second-order valence-corrected chi connectivity index (χ2v) is 4.48. The molecule has 0 radical (unpaired) electrons. The quantitative estimate of drug-likeness (QED) is 0.862. The fraction of sp³-hybridized carbons (Fsp3) is 0.462. The van der Waals surface area contributed by atoms with E-state index >= 15 is 0 Å². The fourth-order valence-electron chi connectivity index (χ4n) is 1.70. The van der Waals surface area contributed by atoms with E-state index in [0.717, 1.165) is 17.1 Å². The lowest BCUT2D eigenvalue weighted by Crippen LogP contribution is -2.25. The second kappa shape index (κ2) is 7.21. The first-order chi connectivity index (χ1) is 8.65. The van der Waals surface area contributed by atoms with E-state index in [1.165, 1.54) is 0 Å². The average Bonchev–Trinajstić information content (AvgIpc) is 2.81. The van der Waals surface area contributed by atoms with Crippen LogP contribution in [0.25, 0.3) is 0 Å². The maximum atomic E-state index is 11.5. The Morgan fingerprint density at radius 1 is 1.42 bits per heavy atom. The van der Waals surface area contributed by atoms with Crippen molar-refractivity contribution in [2.75, 3.05) is 6.79 Å². The standard InChI is InChI=1S/C13H18N2O3.ClH/c1-9(14)2-5-13(16)15-7-10-3-4-11-12(6-10)18-8-17-11;/h3-4,6,9H,2,5,7-8,14H2,1H3,(H,15,16);1H. The molecule has 1 amide bonds. The summed E-state index contributed by atoms with van der Waals surface area (Å²) in [5, 5.41) is 2.85. The molecule has 1 unspecified atom stereocenters. The van der Waals surface area contributed by atoms with Gasteiger partial charge in [0.05, 0.1) is 0 Å². The van der Waals surface area contributed by atoms with E-state index in [4.69, 9.17) is 15.2 Å². The SMILES string of the molecule is CC(N)CCC(=O)NCc1ccc2c(c1)OCO2.Cl. The summed E-state index contributed by atoms with van der Waals surface area (Å²) < 4.78 is 10.5. The van der Waals surface area contributed by atoms with Crippen LogP contribution in [0.4, 0.5) is 0 Å². The fourth-order valence-corrected chi connectivity index (χ4v) is 1.70. The first-order valence-electron chi connectivity index (χ1n) is 6.06. The molecular weight excluding hydrogens is 268 g/mol. The molecule has 0 aliphatic carbocycles. The van der Waals surface area contributed by atoms with E-state index in [2.05, 4.69) is 5.32 Å². The molecule has 0 aromatic heterocycles. The van der Waals surface area contributed by atoms with E-state index in [1.807, 2.05) is 25.1 Å². The number of carbonyl (C=O) groups is 1. The van der Waals surface area contributed by atoms with Gasteiger partial charge in [-0.1, -0.05) is 6.07 Å². The van der Waals surface area contributed by atoms with Gasteiger partial charge in [0.25, 0.3) is 0 Å². The van der Waals surface area contributed by atoms with E-state index < -0.39 is 0 Å². The summed E-state index contributed by atoms with van der Waals surface area (Å²) in [5.74, 6) is 1.50. The highest BCUT2D eigenvalue weighted by atomic mass is 35.5. The van der Waals surface area contributed by atoms with Gasteiger partial charge in [0.2, 0.25) is 12.7 Å². The van der Waals surface area contributed by atoms with Crippen molar-refractivity contribution in [3.05, 3.63) is 23.8 Å². The molecular formula is C13H19ClN2O3. The third kappa shape index (κ3) is 4.61. The van der Waals surface area contributed by atoms with Gasteiger partial charge >= 0.3 is 0 Å².